The third-order valence-electron chi connectivity index (χ3n) is 2.42. The zero-order chi connectivity index (χ0) is 9.26. The van der Waals surface area contributed by atoms with E-state index in [0.717, 1.165) is 6.42 Å². The molecule has 0 aromatic heterocycles. The van der Waals surface area contributed by atoms with Crippen LogP contribution in [-0.4, -0.2) is 0 Å². The molecular formula is C13H12. The maximum Gasteiger partial charge on any atom is -0.00880 e. The Bertz CT molecular complexity index is 395. The maximum atomic E-state index is 3.80. The van der Waals surface area contributed by atoms with E-state index in [2.05, 4.69) is 37.4 Å². The monoisotopic (exact) mass is 168 g/mol. The number of fused-ring (bicyclic) bond motifs is 1. The minimum absolute atomic E-state index is 1.05. The van der Waals surface area contributed by atoms with E-state index in [0.29, 0.717) is 0 Å². The van der Waals surface area contributed by atoms with Gasteiger partial charge in [0, 0.05) is 0 Å². The summed E-state index contributed by atoms with van der Waals surface area (Å²) in [5, 5.41) is 0. The van der Waals surface area contributed by atoms with Crippen molar-refractivity contribution >= 4 is 18.2 Å². The van der Waals surface area contributed by atoms with Gasteiger partial charge in [-0.3, -0.25) is 0 Å². The van der Waals surface area contributed by atoms with Gasteiger partial charge in [-0.2, -0.15) is 0 Å². The summed E-state index contributed by atoms with van der Waals surface area (Å²) in [6.45, 7) is 7.59. The van der Waals surface area contributed by atoms with E-state index in [-0.39, 0.29) is 0 Å². The first-order chi connectivity index (χ1) is 6.35. The minimum Gasteiger partial charge on any atom is -0.0984 e. The molecule has 1 aliphatic carbocycles. The fourth-order valence-electron chi connectivity index (χ4n) is 1.70. The van der Waals surface area contributed by atoms with Gasteiger partial charge in [0.15, 0.2) is 0 Å². The predicted molar refractivity (Wildman–Crippen MR) is 59.4 cm³/mol. The highest BCUT2D eigenvalue weighted by Crippen LogP contribution is 2.25. The number of benzene rings is 1. The van der Waals surface area contributed by atoms with Crippen LogP contribution in [0.4, 0.5) is 0 Å². The molecule has 64 valence electrons. The van der Waals surface area contributed by atoms with E-state index >= 15 is 0 Å². The Hall–Kier alpha value is -1.56. The third kappa shape index (κ3) is 1.25. The van der Waals surface area contributed by atoms with Gasteiger partial charge in [-0.1, -0.05) is 43.5 Å². The second kappa shape index (κ2) is 3.06. The lowest BCUT2D eigenvalue weighted by Crippen LogP contribution is -1.87. The van der Waals surface area contributed by atoms with Gasteiger partial charge in [0.2, 0.25) is 0 Å². The van der Waals surface area contributed by atoms with Crippen molar-refractivity contribution in [2.24, 2.45) is 0 Å². The lowest BCUT2D eigenvalue weighted by atomic mass is 10.00. The molecule has 1 aromatic rings. The van der Waals surface area contributed by atoms with Crippen molar-refractivity contribution in [2.45, 2.75) is 6.42 Å². The van der Waals surface area contributed by atoms with Crippen LogP contribution >= 0.6 is 0 Å². The van der Waals surface area contributed by atoms with Gasteiger partial charge in [-0.25, -0.2) is 0 Å². The summed E-state index contributed by atoms with van der Waals surface area (Å²) in [5.74, 6) is 0. The average Bonchev–Trinajstić information content (AvgIpc) is 2.62. The summed E-state index contributed by atoms with van der Waals surface area (Å²) in [5.41, 5.74) is 5.05. The van der Waals surface area contributed by atoms with Crippen LogP contribution in [0.25, 0.3) is 18.2 Å². The van der Waals surface area contributed by atoms with E-state index in [1.54, 1.807) is 0 Å². The Morgan fingerprint density at radius 2 is 1.77 bits per heavy atom. The molecule has 0 aliphatic heterocycles. The van der Waals surface area contributed by atoms with Gasteiger partial charge >= 0.3 is 0 Å². The Balaban J connectivity index is 2.63. The number of hydrogen-bond acceptors (Lipinski definition) is 0. The minimum atomic E-state index is 1.05. The van der Waals surface area contributed by atoms with Crippen LogP contribution in [0.3, 0.4) is 0 Å². The quantitative estimate of drug-likeness (QED) is 0.633. The highest BCUT2D eigenvalue weighted by atomic mass is 14.1. The molecule has 0 N–H and O–H groups in total. The zero-order valence-electron chi connectivity index (χ0n) is 7.59. The molecule has 0 heteroatoms. The molecule has 0 heterocycles. The first-order valence-corrected chi connectivity index (χ1v) is 4.43. The molecule has 0 amide bonds. The summed E-state index contributed by atoms with van der Waals surface area (Å²) in [7, 11) is 0. The van der Waals surface area contributed by atoms with Crippen molar-refractivity contribution in [1.82, 2.24) is 0 Å². The van der Waals surface area contributed by atoms with Crippen molar-refractivity contribution < 1.29 is 0 Å². The van der Waals surface area contributed by atoms with Gasteiger partial charge in [-0.05, 0) is 34.7 Å². The van der Waals surface area contributed by atoms with E-state index in [4.69, 9.17) is 0 Å². The van der Waals surface area contributed by atoms with Crippen molar-refractivity contribution in [1.29, 1.82) is 0 Å². The SMILES string of the molecule is C=Cc1cc2c(cc1C=C)CC=C2. The molecule has 13 heavy (non-hydrogen) atoms. The van der Waals surface area contributed by atoms with Crippen molar-refractivity contribution in [3.63, 3.8) is 0 Å². The van der Waals surface area contributed by atoms with Gasteiger partial charge in [0.25, 0.3) is 0 Å². The highest BCUT2D eigenvalue weighted by molar-refractivity contribution is 5.71. The van der Waals surface area contributed by atoms with Crippen LogP contribution in [0.2, 0.25) is 0 Å². The van der Waals surface area contributed by atoms with Crippen molar-refractivity contribution in [2.75, 3.05) is 0 Å². The fourth-order valence-corrected chi connectivity index (χ4v) is 1.70. The average molecular weight is 168 g/mol. The van der Waals surface area contributed by atoms with Crippen LogP contribution in [0, 0.1) is 0 Å². The summed E-state index contributed by atoms with van der Waals surface area (Å²) < 4.78 is 0. The first-order valence-electron chi connectivity index (χ1n) is 4.43. The molecule has 0 atom stereocenters. The Morgan fingerprint density at radius 3 is 2.46 bits per heavy atom. The molecule has 0 bridgehead atoms. The van der Waals surface area contributed by atoms with Crippen LogP contribution in [-0.2, 0) is 6.42 Å². The van der Waals surface area contributed by atoms with E-state index in [1.807, 2.05) is 12.2 Å². The van der Waals surface area contributed by atoms with Crippen LogP contribution < -0.4 is 0 Å². The van der Waals surface area contributed by atoms with Crippen LogP contribution in [0.1, 0.15) is 22.3 Å². The number of allylic oxidation sites excluding steroid dienone is 1. The van der Waals surface area contributed by atoms with Gasteiger partial charge < -0.3 is 0 Å². The van der Waals surface area contributed by atoms with Crippen LogP contribution in [0.15, 0.2) is 31.4 Å². The largest absolute Gasteiger partial charge is 0.0984 e. The molecule has 0 saturated carbocycles. The van der Waals surface area contributed by atoms with Crippen molar-refractivity contribution in [3.05, 3.63) is 53.6 Å². The van der Waals surface area contributed by atoms with E-state index in [1.165, 1.54) is 22.3 Å². The normalized spacial score (nSPS) is 12.6. The molecule has 0 fully saturated rings. The topological polar surface area (TPSA) is 0 Å². The first kappa shape index (κ1) is 8.06. The summed E-state index contributed by atoms with van der Waals surface area (Å²) >= 11 is 0. The molecule has 0 saturated heterocycles. The molecule has 1 aromatic carbocycles. The molecular weight excluding hydrogens is 156 g/mol. The van der Waals surface area contributed by atoms with Gasteiger partial charge in [0.05, 0.1) is 0 Å². The number of rotatable bonds is 2. The lowest BCUT2D eigenvalue weighted by Gasteiger charge is -2.05. The Labute approximate surface area is 78.9 Å². The van der Waals surface area contributed by atoms with Crippen LogP contribution in [0.5, 0.6) is 0 Å². The highest BCUT2D eigenvalue weighted by Gasteiger charge is 2.07. The van der Waals surface area contributed by atoms with Gasteiger partial charge in [-0.15, -0.1) is 0 Å². The Morgan fingerprint density at radius 1 is 1.08 bits per heavy atom. The Kier molecular flexibility index (Phi) is 1.90. The standard InChI is InChI=1S/C13H12/c1-3-10-8-12-6-5-7-13(12)9-11(10)4-2/h3-6,8-9H,1-2,7H2. The molecule has 1 aliphatic rings. The zero-order valence-corrected chi connectivity index (χ0v) is 7.59. The number of hydrogen-bond donors (Lipinski definition) is 0. The smallest absolute Gasteiger partial charge is 0.00880 e. The third-order valence-corrected chi connectivity index (χ3v) is 2.42. The van der Waals surface area contributed by atoms with E-state index in [9.17, 15) is 0 Å². The maximum absolute atomic E-state index is 3.80. The lowest BCUT2D eigenvalue weighted by molar-refractivity contribution is 1.30. The van der Waals surface area contributed by atoms with Gasteiger partial charge in [0.1, 0.15) is 0 Å². The molecule has 0 spiro atoms. The van der Waals surface area contributed by atoms with Crippen molar-refractivity contribution in [3.8, 4) is 0 Å². The summed E-state index contributed by atoms with van der Waals surface area (Å²) in [6, 6.07) is 4.36. The second-order valence-electron chi connectivity index (χ2n) is 3.19. The summed E-state index contributed by atoms with van der Waals surface area (Å²) in [4.78, 5) is 0. The molecule has 0 unspecified atom stereocenters. The molecule has 0 nitrogen and oxygen atoms in total. The molecule has 0 radical (unpaired) electrons. The second-order valence-corrected chi connectivity index (χ2v) is 3.19. The summed E-state index contributed by atoms with van der Waals surface area (Å²) in [6.07, 6.45) is 9.16. The predicted octanol–water partition coefficient (Wildman–Crippen LogP) is 3.54. The fraction of sp³-hybridized carbons (Fsp3) is 0.0769. The molecule has 2 rings (SSSR count). The van der Waals surface area contributed by atoms with E-state index < -0.39 is 0 Å².